The minimum absolute atomic E-state index is 0.0351. The number of amides is 1. The molecule has 3 aromatic heterocycles. The molecule has 8 nitrogen and oxygen atoms in total. The van der Waals surface area contributed by atoms with Crippen molar-refractivity contribution in [3.63, 3.8) is 0 Å². The van der Waals surface area contributed by atoms with Crippen LogP contribution in [0.25, 0.3) is 11.5 Å². The van der Waals surface area contributed by atoms with Crippen LogP contribution >= 0.6 is 11.8 Å². The second kappa shape index (κ2) is 8.47. The minimum Gasteiger partial charge on any atom is -0.339 e. The highest BCUT2D eigenvalue weighted by Gasteiger charge is 2.27. The number of carbonyl (C=O) groups is 1. The van der Waals surface area contributed by atoms with Gasteiger partial charge in [-0.2, -0.15) is 4.98 Å². The van der Waals surface area contributed by atoms with Gasteiger partial charge in [-0.1, -0.05) is 5.16 Å². The van der Waals surface area contributed by atoms with Gasteiger partial charge in [0.25, 0.3) is 5.91 Å². The van der Waals surface area contributed by atoms with Crippen molar-refractivity contribution >= 4 is 17.7 Å². The number of nitrogens with zero attached hydrogens (tertiary/aromatic N) is 6. The third-order valence-electron chi connectivity index (χ3n) is 4.72. The van der Waals surface area contributed by atoms with Crippen LogP contribution in [0.1, 0.15) is 29.1 Å². The van der Waals surface area contributed by atoms with Crippen LogP contribution in [0, 0.1) is 5.92 Å². The highest BCUT2D eigenvalue weighted by molar-refractivity contribution is 7.98. The van der Waals surface area contributed by atoms with E-state index in [-0.39, 0.29) is 11.8 Å². The van der Waals surface area contributed by atoms with E-state index in [4.69, 9.17) is 4.52 Å². The van der Waals surface area contributed by atoms with Crippen LogP contribution in [0.15, 0.2) is 46.5 Å². The van der Waals surface area contributed by atoms with E-state index < -0.39 is 0 Å². The van der Waals surface area contributed by atoms with E-state index in [0.717, 1.165) is 24.4 Å². The molecule has 4 rings (SSSR count). The average Bonchev–Trinajstić information content (AvgIpc) is 3.22. The van der Waals surface area contributed by atoms with Crippen LogP contribution in [-0.4, -0.2) is 55.2 Å². The van der Waals surface area contributed by atoms with E-state index in [0.29, 0.717) is 35.9 Å². The van der Waals surface area contributed by atoms with Crippen molar-refractivity contribution in [2.24, 2.45) is 5.92 Å². The van der Waals surface area contributed by atoms with Gasteiger partial charge in [0, 0.05) is 38.1 Å². The van der Waals surface area contributed by atoms with E-state index in [2.05, 4.69) is 25.1 Å². The summed E-state index contributed by atoms with van der Waals surface area (Å²) in [6, 6.07) is 3.65. The zero-order valence-electron chi connectivity index (χ0n) is 15.5. The lowest BCUT2D eigenvalue weighted by atomic mass is 9.94. The summed E-state index contributed by atoms with van der Waals surface area (Å²) in [6.07, 6.45) is 11.1. The molecule has 1 amide bonds. The molecule has 0 saturated carbocycles. The Morgan fingerprint density at radius 2 is 2.25 bits per heavy atom. The summed E-state index contributed by atoms with van der Waals surface area (Å²) in [5, 5.41) is 4.76. The van der Waals surface area contributed by atoms with Gasteiger partial charge in [0.05, 0.1) is 11.8 Å². The fraction of sp³-hybridized carbons (Fsp3) is 0.368. The van der Waals surface area contributed by atoms with Crippen molar-refractivity contribution < 1.29 is 9.32 Å². The van der Waals surface area contributed by atoms with Crippen molar-refractivity contribution in [3.05, 3.63) is 48.4 Å². The van der Waals surface area contributed by atoms with Crippen molar-refractivity contribution in [1.82, 2.24) is 30.0 Å². The number of piperidine rings is 1. The third-order valence-corrected chi connectivity index (χ3v) is 5.44. The Hall–Kier alpha value is -2.81. The Morgan fingerprint density at radius 3 is 3.07 bits per heavy atom. The summed E-state index contributed by atoms with van der Waals surface area (Å²) < 4.78 is 5.39. The number of thioether (sulfide) groups is 1. The molecule has 1 saturated heterocycles. The molecule has 28 heavy (non-hydrogen) atoms. The molecule has 0 bridgehead atoms. The van der Waals surface area contributed by atoms with E-state index in [1.165, 1.54) is 11.8 Å². The normalized spacial score (nSPS) is 16.9. The molecule has 144 valence electrons. The summed E-state index contributed by atoms with van der Waals surface area (Å²) in [6.45, 7) is 1.43. The van der Waals surface area contributed by atoms with E-state index in [1.54, 1.807) is 30.9 Å². The predicted molar refractivity (Wildman–Crippen MR) is 104 cm³/mol. The van der Waals surface area contributed by atoms with Crippen LogP contribution in [0.5, 0.6) is 0 Å². The number of carbonyl (C=O) groups excluding carboxylic acids is 1. The lowest BCUT2D eigenvalue weighted by molar-refractivity contribution is 0.0664. The second-order valence-electron chi connectivity index (χ2n) is 6.63. The minimum atomic E-state index is 0.0351. The van der Waals surface area contributed by atoms with Crippen molar-refractivity contribution in [2.75, 3.05) is 19.3 Å². The molecule has 1 atom stereocenters. The zero-order valence-corrected chi connectivity index (χ0v) is 16.3. The van der Waals surface area contributed by atoms with E-state index in [9.17, 15) is 4.79 Å². The molecular weight excluding hydrogens is 376 g/mol. The SMILES string of the molecule is CSc1ncccc1C(=O)N1CCC[C@H](Cc2nc(-c3cnccn3)no2)C1. The maximum Gasteiger partial charge on any atom is 0.256 e. The molecule has 0 unspecified atom stereocenters. The summed E-state index contributed by atoms with van der Waals surface area (Å²) in [5.41, 5.74) is 1.25. The van der Waals surface area contributed by atoms with Crippen LogP contribution in [0.2, 0.25) is 0 Å². The van der Waals surface area contributed by atoms with Crippen molar-refractivity contribution in [2.45, 2.75) is 24.3 Å². The van der Waals surface area contributed by atoms with Crippen LogP contribution in [0.3, 0.4) is 0 Å². The Morgan fingerprint density at radius 1 is 1.32 bits per heavy atom. The number of likely N-dealkylation sites (tertiary alicyclic amines) is 1. The summed E-state index contributed by atoms with van der Waals surface area (Å²) in [4.78, 5) is 31.8. The van der Waals surface area contributed by atoms with Gasteiger partial charge in [0.15, 0.2) is 0 Å². The third kappa shape index (κ3) is 4.04. The first-order chi connectivity index (χ1) is 13.7. The molecule has 0 aliphatic carbocycles. The van der Waals surface area contributed by atoms with Gasteiger partial charge >= 0.3 is 0 Å². The van der Waals surface area contributed by atoms with Crippen LogP contribution < -0.4 is 0 Å². The first-order valence-electron chi connectivity index (χ1n) is 9.12. The first kappa shape index (κ1) is 18.5. The van der Waals surface area contributed by atoms with Crippen molar-refractivity contribution in [3.8, 4) is 11.5 Å². The van der Waals surface area contributed by atoms with Crippen LogP contribution in [-0.2, 0) is 6.42 Å². The fourth-order valence-electron chi connectivity index (χ4n) is 3.41. The number of rotatable bonds is 5. The van der Waals surface area contributed by atoms with Gasteiger partial charge in [0.1, 0.15) is 10.7 Å². The molecule has 0 N–H and O–H groups in total. The summed E-state index contributed by atoms with van der Waals surface area (Å²) in [7, 11) is 0. The molecule has 9 heteroatoms. The van der Waals surface area contributed by atoms with Gasteiger partial charge in [-0.25, -0.2) is 9.97 Å². The molecule has 1 aliphatic heterocycles. The topological polar surface area (TPSA) is 97.9 Å². The summed E-state index contributed by atoms with van der Waals surface area (Å²) >= 11 is 1.49. The molecule has 3 aromatic rings. The molecule has 1 aliphatic rings. The highest BCUT2D eigenvalue weighted by Crippen LogP contribution is 2.25. The Bertz CT molecular complexity index is 948. The molecule has 0 aromatic carbocycles. The highest BCUT2D eigenvalue weighted by atomic mass is 32.2. The number of pyridine rings is 1. The van der Waals surface area contributed by atoms with Gasteiger partial charge in [-0.3, -0.25) is 9.78 Å². The molecule has 1 fully saturated rings. The maximum atomic E-state index is 13.0. The van der Waals surface area contributed by atoms with E-state index >= 15 is 0 Å². The lowest BCUT2D eigenvalue weighted by Crippen LogP contribution is -2.40. The zero-order chi connectivity index (χ0) is 19.3. The van der Waals surface area contributed by atoms with Gasteiger partial charge in [0.2, 0.25) is 11.7 Å². The smallest absolute Gasteiger partial charge is 0.256 e. The Kier molecular flexibility index (Phi) is 5.61. The summed E-state index contributed by atoms with van der Waals surface area (Å²) in [5.74, 6) is 1.31. The second-order valence-corrected chi connectivity index (χ2v) is 7.42. The molecular formula is C19H20N6O2S. The number of hydrogen-bond acceptors (Lipinski definition) is 8. The molecule has 4 heterocycles. The fourth-order valence-corrected chi connectivity index (χ4v) is 3.95. The van der Waals surface area contributed by atoms with E-state index in [1.807, 2.05) is 17.2 Å². The first-order valence-corrected chi connectivity index (χ1v) is 10.3. The van der Waals surface area contributed by atoms with Gasteiger partial charge in [-0.05, 0) is 37.1 Å². The largest absolute Gasteiger partial charge is 0.339 e. The Labute approximate surface area is 166 Å². The Balaban J connectivity index is 1.43. The predicted octanol–water partition coefficient (Wildman–Crippen LogP) is 2.74. The van der Waals surface area contributed by atoms with Gasteiger partial charge in [-0.15, -0.1) is 11.8 Å². The number of aromatic nitrogens is 5. The monoisotopic (exact) mass is 396 g/mol. The molecule has 0 spiro atoms. The van der Waals surface area contributed by atoms with Gasteiger partial charge < -0.3 is 9.42 Å². The number of hydrogen-bond donors (Lipinski definition) is 0. The van der Waals surface area contributed by atoms with Crippen molar-refractivity contribution in [1.29, 1.82) is 0 Å². The molecule has 0 radical (unpaired) electrons. The lowest BCUT2D eigenvalue weighted by Gasteiger charge is -2.32. The van der Waals surface area contributed by atoms with Crippen LogP contribution in [0.4, 0.5) is 0 Å². The average molecular weight is 396 g/mol. The maximum absolute atomic E-state index is 13.0. The standard InChI is InChI=1S/C19H20N6O2S/c1-28-18-14(5-2-6-22-18)19(26)25-9-3-4-13(12-25)10-16-23-17(24-27-16)15-11-20-7-8-21-15/h2,5-8,11,13H,3-4,9-10,12H2,1H3/t13-/m1/s1. The quantitative estimate of drug-likeness (QED) is 0.607.